The number of nitrogens with one attached hydrogen (secondary N) is 2. The van der Waals surface area contributed by atoms with Crippen molar-refractivity contribution in [3.63, 3.8) is 0 Å². The van der Waals surface area contributed by atoms with Gasteiger partial charge in [0.2, 0.25) is 11.8 Å². The lowest BCUT2D eigenvalue weighted by molar-refractivity contribution is -0.123. The molecule has 0 bridgehead atoms. The summed E-state index contributed by atoms with van der Waals surface area (Å²) in [5.74, 6) is -0.0540. The summed E-state index contributed by atoms with van der Waals surface area (Å²) in [6.45, 7) is 9.75. The van der Waals surface area contributed by atoms with E-state index in [0.29, 0.717) is 19.6 Å². The molecule has 0 atom stereocenters. The van der Waals surface area contributed by atoms with Crippen LogP contribution in [-0.2, 0) is 16.1 Å². The molecule has 1 saturated heterocycles. The summed E-state index contributed by atoms with van der Waals surface area (Å²) in [5, 5.41) is 5.50. The lowest BCUT2D eigenvalue weighted by Gasteiger charge is -2.34. The summed E-state index contributed by atoms with van der Waals surface area (Å²) in [4.78, 5) is 27.3. The summed E-state index contributed by atoms with van der Waals surface area (Å²) in [6, 6.07) is 8.49. The maximum absolute atomic E-state index is 11.9. The molecule has 2 N–H and O–H groups in total. The minimum Gasteiger partial charge on any atom is -0.355 e. The molecule has 132 valence electrons. The van der Waals surface area contributed by atoms with Crippen LogP contribution in [0.15, 0.2) is 24.3 Å². The quantitative estimate of drug-likeness (QED) is 0.708. The normalized spacial score (nSPS) is 15.9. The van der Waals surface area contributed by atoms with Gasteiger partial charge in [0.15, 0.2) is 0 Å². The monoisotopic (exact) mass is 332 g/mol. The van der Waals surface area contributed by atoms with Crippen LogP contribution in [0.4, 0.5) is 0 Å². The lowest BCUT2D eigenvalue weighted by atomic mass is 10.1. The Kier molecular flexibility index (Phi) is 7.21. The van der Waals surface area contributed by atoms with Gasteiger partial charge in [-0.1, -0.05) is 24.3 Å². The first-order chi connectivity index (χ1) is 11.5. The minimum absolute atomic E-state index is 0.0210. The first kappa shape index (κ1) is 18.4. The first-order valence-electron chi connectivity index (χ1n) is 8.55. The molecular weight excluding hydrogens is 304 g/mol. The molecule has 1 aliphatic heterocycles. The van der Waals surface area contributed by atoms with Gasteiger partial charge >= 0.3 is 0 Å². The maximum atomic E-state index is 11.9. The average Bonchev–Trinajstić information content (AvgIpc) is 2.55. The third kappa shape index (κ3) is 6.29. The molecule has 2 amide bonds. The second kappa shape index (κ2) is 9.39. The second-order valence-electron chi connectivity index (χ2n) is 6.31. The molecule has 2 rings (SSSR count). The Bertz CT molecular complexity index is 554. The maximum Gasteiger partial charge on any atom is 0.234 e. The number of amides is 2. The van der Waals surface area contributed by atoms with Crippen molar-refractivity contribution in [2.75, 3.05) is 45.8 Å². The fourth-order valence-corrected chi connectivity index (χ4v) is 2.83. The van der Waals surface area contributed by atoms with E-state index in [9.17, 15) is 9.59 Å². The average molecular weight is 332 g/mol. The van der Waals surface area contributed by atoms with Crippen LogP contribution in [0.25, 0.3) is 0 Å². The molecule has 1 aromatic carbocycles. The molecule has 0 spiro atoms. The van der Waals surface area contributed by atoms with Gasteiger partial charge in [0, 0.05) is 52.7 Å². The first-order valence-corrected chi connectivity index (χ1v) is 8.55. The van der Waals surface area contributed by atoms with E-state index in [1.54, 1.807) is 0 Å². The lowest BCUT2D eigenvalue weighted by Crippen LogP contribution is -2.49. The molecule has 1 heterocycles. The Morgan fingerprint density at radius 3 is 2.29 bits per heavy atom. The highest BCUT2D eigenvalue weighted by Crippen LogP contribution is 2.12. The van der Waals surface area contributed by atoms with Gasteiger partial charge in [-0.2, -0.15) is 0 Å². The Hall–Kier alpha value is -1.92. The number of hydrogen-bond donors (Lipinski definition) is 2. The van der Waals surface area contributed by atoms with Crippen molar-refractivity contribution in [1.82, 2.24) is 20.4 Å². The number of benzene rings is 1. The van der Waals surface area contributed by atoms with Crippen LogP contribution >= 0.6 is 0 Å². The zero-order valence-corrected chi connectivity index (χ0v) is 14.7. The van der Waals surface area contributed by atoms with Crippen LogP contribution in [0.1, 0.15) is 18.1 Å². The SMILES string of the molecule is CC(=O)NCCNC(=O)CN1CCN(Cc2ccccc2C)CC1. The third-order valence-corrected chi connectivity index (χ3v) is 4.31. The van der Waals surface area contributed by atoms with Gasteiger partial charge < -0.3 is 10.6 Å². The van der Waals surface area contributed by atoms with Crippen molar-refractivity contribution in [1.29, 1.82) is 0 Å². The van der Waals surface area contributed by atoms with Crippen molar-refractivity contribution in [2.24, 2.45) is 0 Å². The second-order valence-corrected chi connectivity index (χ2v) is 6.31. The highest BCUT2D eigenvalue weighted by Gasteiger charge is 2.19. The number of carbonyl (C=O) groups excluding carboxylic acids is 2. The number of nitrogens with zero attached hydrogens (tertiary/aromatic N) is 2. The van der Waals surface area contributed by atoms with Crippen LogP contribution in [0.3, 0.4) is 0 Å². The van der Waals surface area contributed by atoms with Crippen molar-refractivity contribution in [3.8, 4) is 0 Å². The molecule has 0 radical (unpaired) electrons. The Labute approximate surface area is 144 Å². The van der Waals surface area contributed by atoms with Gasteiger partial charge in [0.1, 0.15) is 0 Å². The summed E-state index contributed by atoms with van der Waals surface area (Å²) in [6.07, 6.45) is 0. The zero-order chi connectivity index (χ0) is 17.4. The minimum atomic E-state index is -0.0750. The van der Waals surface area contributed by atoms with Crippen molar-refractivity contribution >= 4 is 11.8 Å². The van der Waals surface area contributed by atoms with Crippen LogP contribution in [0.2, 0.25) is 0 Å². The van der Waals surface area contributed by atoms with E-state index in [2.05, 4.69) is 51.6 Å². The number of hydrogen-bond acceptors (Lipinski definition) is 4. The van der Waals surface area contributed by atoms with Crippen LogP contribution in [-0.4, -0.2) is 67.4 Å². The molecule has 0 aromatic heterocycles. The molecule has 1 fully saturated rings. The summed E-state index contributed by atoms with van der Waals surface area (Å²) in [5.41, 5.74) is 2.71. The van der Waals surface area contributed by atoms with Crippen LogP contribution in [0.5, 0.6) is 0 Å². The van der Waals surface area contributed by atoms with Crippen LogP contribution in [0, 0.1) is 6.92 Å². The highest BCUT2D eigenvalue weighted by atomic mass is 16.2. The summed E-state index contributed by atoms with van der Waals surface area (Å²) >= 11 is 0. The highest BCUT2D eigenvalue weighted by molar-refractivity contribution is 5.78. The standard InChI is InChI=1S/C18H28N4O2/c1-15-5-3-4-6-17(15)13-21-9-11-22(12-10-21)14-18(24)20-8-7-19-16(2)23/h3-6H,7-14H2,1-2H3,(H,19,23)(H,20,24). The summed E-state index contributed by atoms with van der Waals surface area (Å²) < 4.78 is 0. The number of aryl methyl sites for hydroxylation is 1. The number of piperazine rings is 1. The molecule has 0 aliphatic carbocycles. The van der Waals surface area contributed by atoms with E-state index in [-0.39, 0.29) is 11.8 Å². The van der Waals surface area contributed by atoms with Gasteiger partial charge in [-0.3, -0.25) is 19.4 Å². The van der Waals surface area contributed by atoms with Gasteiger partial charge in [-0.15, -0.1) is 0 Å². The van der Waals surface area contributed by atoms with E-state index >= 15 is 0 Å². The van der Waals surface area contributed by atoms with Crippen molar-refractivity contribution in [2.45, 2.75) is 20.4 Å². The smallest absolute Gasteiger partial charge is 0.234 e. The number of rotatable bonds is 7. The van der Waals surface area contributed by atoms with Gasteiger partial charge in [-0.25, -0.2) is 0 Å². The largest absolute Gasteiger partial charge is 0.355 e. The molecule has 0 unspecified atom stereocenters. The molecule has 6 heteroatoms. The predicted octanol–water partition coefficient (Wildman–Crippen LogP) is 0.365. The van der Waals surface area contributed by atoms with Crippen molar-refractivity contribution in [3.05, 3.63) is 35.4 Å². The van der Waals surface area contributed by atoms with E-state index < -0.39 is 0 Å². The molecular formula is C18H28N4O2. The van der Waals surface area contributed by atoms with Gasteiger partial charge in [0.25, 0.3) is 0 Å². The van der Waals surface area contributed by atoms with Crippen LogP contribution < -0.4 is 10.6 Å². The Balaban J connectivity index is 1.64. The zero-order valence-electron chi connectivity index (χ0n) is 14.7. The molecule has 6 nitrogen and oxygen atoms in total. The Morgan fingerprint density at radius 2 is 1.62 bits per heavy atom. The molecule has 1 aliphatic rings. The third-order valence-electron chi connectivity index (χ3n) is 4.31. The summed E-state index contributed by atoms with van der Waals surface area (Å²) in [7, 11) is 0. The molecule has 24 heavy (non-hydrogen) atoms. The fraction of sp³-hybridized carbons (Fsp3) is 0.556. The van der Waals surface area contributed by atoms with E-state index in [1.165, 1.54) is 18.1 Å². The van der Waals surface area contributed by atoms with E-state index in [4.69, 9.17) is 0 Å². The van der Waals surface area contributed by atoms with Gasteiger partial charge in [0.05, 0.1) is 6.54 Å². The predicted molar refractivity (Wildman–Crippen MR) is 94.6 cm³/mol. The van der Waals surface area contributed by atoms with Gasteiger partial charge in [-0.05, 0) is 18.1 Å². The number of carbonyl (C=O) groups is 2. The Morgan fingerprint density at radius 1 is 1.00 bits per heavy atom. The van der Waals surface area contributed by atoms with E-state index in [1.807, 2.05) is 0 Å². The molecule has 1 aromatic rings. The fourth-order valence-electron chi connectivity index (χ4n) is 2.83. The van der Waals surface area contributed by atoms with E-state index in [0.717, 1.165) is 32.7 Å². The molecule has 0 saturated carbocycles. The van der Waals surface area contributed by atoms with Crippen molar-refractivity contribution < 1.29 is 9.59 Å². The topological polar surface area (TPSA) is 64.7 Å².